The van der Waals surface area contributed by atoms with Crippen LogP contribution in [0.1, 0.15) is 75.5 Å². The maximum Gasteiger partial charge on any atom is 0.184 e. The van der Waals surface area contributed by atoms with E-state index in [1.54, 1.807) is 6.21 Å². The van der Waals surface area contributed by atoms with E-state index in [9.17, 15) is 5.11 Å². The summed E-state index contributed by atoms with van der Waals surface area (Å²) in [4.78, 5) is 0. The van der Waals surface area contributed by atoms with Crippen LogP contribution >= 0.6 is 12.2 Å². The fourth-order valence-electron chi connectivity index (χ4n) is 3.19. The third kappa shape index (κ3) is 4.67. The van der Waals surface area contributed by atoms with Crippen molar-refractivity contribution in [1.82, 2.24) is 5.43 Å². The first-order chi connectivity index (χ1) is 10.8. The van der Waals surface area contributed by atoms with Gasteiger partial charge in [0.15, 0.2) is 5.11 Å². The number of phenols is 1. The average Bonchev–Trinajstić information content (AvgIpc) is 2.48. The molecule has 1 fully saturated rings. The molecule has 126 valence electrons. The van der Waals surface area contributed by atoms with Crippen molar-refractivity contribution < 1.29 is 5.11 Å². The SMILES string of the molecule is CC(C)(C)c1cc(C2CCCCC2)cc(/C=N/NC(N)=S)c1O. The molecule has 0 radical (unpaired) electrons. The predicted octanol–water partition coefficient (Wildman–Crippen LogP) is 3.90. The molecule has 23 heavy (non-hydrogen) atoms. The Morgan fingerprint density at radius 2 is 1.96 bits per heavy atom. The summed E-state index contributed by atoms with van der Waals surface area (Å²) in [6, 6.07) is 4.22. The Kier molecular flexibility index (Phi) is 5.63. The van der Waals surface area contributed by atoms with Gasteiger partial charge in [-0.15, -0.1) is 0 Å². The van der Waals surface area contributed by atoms with E-state index in [1.807, 2.05) is 6.07 Å². The zero-order chi connectivity index (χ0) is 17.0. The molecule has 2 rings (SSSR count). The largest absolute Gasteiger partial charge is 0.507 e. The van der Waals surface area contributed by atoms with Gasteiger partial charge >= 0.3 is 0 Å². The van der Waals surface area contributed by atoms with Crippen molar-refractivity contribution in [2.75, 3.05) is 0 Å². The van der Waals surface area contributed by atoms with E-state index >= 15 is 0 Å². The van der Waals surface area contributed by atoms with Crippen LogP contribution in [0.3, 0.4) is 0 Å². The van der Waals surface area contributed by atoms with Crippen molar-refractivity contribution >= 4 is 23.5 Å². The van der Waals surface area contributed by atoms with Gasteiger partial charge in [-0.3, -0.25) is 5.43 Å². The molecular formula is C18H27N3OS. The lowest BCUT2D eigenvalue weighted by Gasteiger charge is -2.27. The quantitative estimate of drug-likeness (QED) is 0.446. The zero-order valence-corrected chi connectivity index (χ0v) is 15.0. The highest BCUT2D eigenvalue weighted by Gasteiger charge is 2.24. The summed E-state index contributed by atoms with van der Waals surface area (Å²) in [5.41, 5.74) is 10.8. The Hall–Kier alpha value is -1.62. The van der Waals surface area contributed by atoms with Crippen molar-refractivity contribution in [3.8, 4) is 5.75 Å². The van der Waals surface area contributed by atoms with E-state index in [1.165, 1.54) is 37.7 Å². The van der Waals surface area contributed by atoms with Crippen LogP contribution in [-0.2, 0) is 5.41 Å². The highest BCUT2D eigenvalue weighted by atomic mass is 32.1. The van der Waals surface area contributed by atoms with E-state index in [-0.39, 0.29) is 16.3 Å². The highest BCUT2D eigenvalue weighted by molar-refractivity contribution is 7.80. The number of phenolic OH excluding ortho intramolecular Hbond substituents is 1. The Labute approximate surface area is 144 Å². The minimum absolute atomic E-state index is 0.111. The molecule has 1 saturated carbocycles. The molecule has 1 aliphatic carbocycles. The first kappa shape index (κ1) is 17.7. The number of thiocarbonyl (C=S) groups is 1. The Balaban J connectivity index is 2.42. The second-order valence-corrected chi connectivity index (χ2v) is 7.77. The number of hydrazone groups is 1. The van der Waals surface area contributed by atoms with Gasteiger partial charge in [-0.1, -0.05) is 46.1 Å². The van der Waals surface area contributed by atoms with Crippen molar-refractivity contribution in [1.29, 1.82) is 0 Å². The number of hydrogen-bond acceptors (Lipinski definition) is 3. The topological polar surface area (TPSA) is 70.6 Å². The number of nitrogens with two attached hydrogens (primary N) is 1. The van der Waals surface area contributed by atoms with Crippen LogP contribution in [0.15, 0.2) is 17.2 Å². The molecule has 0 heterocycles. The molecule has 1 aromatic rings. The normalized spacial score (nSPS) is 16.7. The van der Waals surface area contributed by atoms with E-state index in [0.717, 1.165) is 5.56 Å². The fourth-order valence-corrected chi connectivity index (χ4v) is 3.24. The molecule has 0 aromatic heterocycles. The van der Waals surface area contributed by atoms with Gasteiger partial charge in [-0.2, -0.15) is 5.10 Å². The number of rotatable bonds is 3. The minimum Gasteiger partial charge on any atom is -0.507 e. The molecule has 4 N–H and O–H groups in total. The average molecular weight is 334 g/mol. The monoisotopic (exact) mass is 333 g/mol. The van der Waals surface area contributed by atoms with E-state index < -0.39 is 0 Å². The molecule has 0 saturated heterocycles. The lowest BCUT2D eigenvalue weighted by Crippen LogP contribution is -2.24. The van der Waals surface area contributed by atoms with Crippen LogP contribution in [0, 0.1) is 0 Å². The van der Waals surface area contributed by atoms with Crippen molar-refractivity contribution in [2.45, 2.75) is 64.2 Å². The van der Waals surface area contributed by atoms with Crippen LogP contribution < -0.4 is 11.2 Å². The molecule has 1 aromatic carbocycles. The molecule has 0 bridgehead atoms. The molecule has 0 atom stereocenters. The molecule has 4 nitrogen and oxygen atoms in total. The fraction of sp³-hybridized carbons (Fsp3) is 0.556. The van der Waals surface area contributed by atoms with Gasteiger partial charge in [0.25, 0.3) is 0 Å². The predicted molar refractivity (Wildman–Crippen MR) is 100 cm³/mol. The third-order valence-electron chi connectivity index (χ3n) is 4.42. The summed E-state index contributed by atoms with van der Waals surface area (Å²) < 4.78 is 0. The Bertz CT molecular complexity index is 599. The Morgan fingerprint density at radius 3 is 2.52 bits per heavy atom. The molecule has 1 aliphatic rings. The van der Waals surface area contributed by atoms with Gasteiger partial charge in [-0.05, 0) is 48.0 Å². The molecule has 0 spiro atoms. The van der Waals surface area contributed by atoms with Gasteiger partial charge in [0.05, 0.1) is 6.21 Å². The second-order valence-electron chi connectivity index (χ2n) is 7.33. The van der Waals surface area contributed by atoms with E-state index in [4.69, 9.17) is 18.0 Å². The number of benzene rings is 1. The van der Waals surface area contributed by atoms with Crippen LogP contribution in [0.2, 0.25) is 0 Å². The number of hydrogen-bond donors (Lipinski definition) is 3. The van der Waals surface area contributed by atoms with Crippen LogP contribution in [0.25, 0.3) is 0 Å². The van der Waals surface area contributed by atoms with Crippen molar-refractivity contribution in [3.05, 3.63) is 28.8 Å². The van der Waals surface area contributed by atoms with Crippen LogP contribution in [-0.4, -0.2) is 16.4 Å². The number of nitrogens with one attached hydrogen (secondary N) is 1. The summed E-state index contributed by atoms with van der Waals surface area (Å²) in [5.74, 6) is 0.853. The first-order valence-corrected chi connectivity index (χ1v) is 8.66. The van der Waals surface area contributed by atoms with Crippen molar-refractivity contribution in [3.63, 3.8) is 0 Å². The van der Waals surface area contributed by atoms with Gasteiger partial charge in [0.2, 0.25) is 0 Å². The minimum atomic E-state index is -0.131. The van der Waals surface area contributed by atoms with Gasteiger partial charge < -0.3 is 10.8 Å². The maximum absolute atomic E-state index is 10.6. The van der Waals surface area contributed by atoms with Gasteiger partial charge in [-0.25, -0.2) is 0 Å². The molecular weight excluding hydrogens is 306 g/mol. The molecule has 0 aliphatic heterocycles. The van der Waals surface area contributed by atoms with E-state index in [0.29, 0.717) is 11.5 Å². The lowest BCUT2D eigenvalue weighted by atomic mass is 9.79. The number of aromatic hydroxyl groups is 1. The zero-order valence-electron chi connectivity index (χ0n) is 14.2. The second kappa shape index (κ2) is 7.30. The number of nitrogens with zero attached hydrogens (tertiary/aromatic N) is 1. The van der Waals surface area contributed by atoms with Crippen molar-refractivity contribution in [2.24, 2.45) is 10.8 Å². The lowest BCUT2D eigenvalue weighted by molar-refractivity contribution is 0.432. The summed E-state index contributed by atoms with van der Waals surface area (Å²) in [5, 5.41) is 14.8. The summed E-state index contributed by atoms with van der Waals surface area (Å²) in [6.45, 7) is 6.34. The third-order valence-corrected chi connectivity index (χ3v) is 4.52. The van der Waals surface area contributed by atoms with Crippen LogP contribution in [0.4, 0.5) is 0 Å². The molecule has 0 amide bonds. The van der Waals surface area contributed by atoms with Crippen LogP contribution in [0.5, 0.6) is 5.75 Å². The molecule has 5 heteroatoms. The smallest absolute Gasteiger partial charge is 0.184 e. The maximum atomic E-state index is 10.6. The van der Waals surface area contributed by atoms with Gasteiger partial charge in [0, 0.05) is 11.1 Å². The Morgan fingerprint density at radius 1 is 1.30 bits per heavy atom. The summed E-state index contributed by atoms with van der Waals surface area (Å²) in [7, 11) is 0. The molecule has 0 unspecified atom stereocenters. The van der Waals surface area contributed by atoms with Gasteiger partial charge in [0.1, 0.15) is 5.75 Å². The summed E-state index contributed by atoms with van der Waals surface area (Å²) in [6.07, 6.45) is 7.92. The van der Waals surface area contributed by atoms with E-state index in [2.05, 4.69) is 37.4 Å². The standard InChI is InChI=1S/C18H27N3OS/c1-18(2,3)15-10-13(12-7-5-4-6-8-12)9-14(16(15)22)11-20-21-17(19)23/h9-12,22H,4-8H2,1-3H3,(H3,19,21,23)/b20-11+. The highest BCUT2D eigenvalue weighted by Crippen LogP contribution is 2.39. The first-order valence-electron chi connectivity index (χ1n) is 8.25. The summed E-state index contributed by atoms with van der Waals surface area (Å²) >= 11 is 4.75.